The van der Waals surface area contributed by atoms with Gasteiger partial charge < -0.3 is 10.5 Å². The Labute approximate surface area is 110 Å². The average molecular weight is 270 g/mol. The van der Waals surface area contributed by atoms with E-state index in [0.29, 0.717) is 18.2 Å². The Bertz CT molecular complexity index is 521. The van der Waals surface area contributed by atoms with Gasteiger partial charge in [0.05, 0.1) is 41.8 Å². The Balaban J connectivity index is 2.32. The average Bonchev–Trinajstić information content (AvgIpc) is 2.92. The summed E-state index contributed by atoms with van der Waals surface area (Å²) < 4.78 is 8.54. The van der Waals surface area contributed by atoms with Crippen molar-refractivity contribution < 1.29 is 4.74 Å². The second-order valence-corrected chi connectivity index (χ2v) is 4.36. The standard InChI is InChI=1S/C11H16ClN5O/c1-16-9(3-4-14-16)10(13)11-8(12)7-15-17(11)5-6-18-2/h3-4,7,10H,5-6,13H2,1-2H3. The highest BCUT2D eigenvalue weighted by molar-refractivity contribution is 6.31. The second kappa shape index (κ2) is 5.51. The van der Waals surface area contributed by atoms with E-state index >= 15 is 0 Å². The molecule has 0 aliphatic carbocycles. The molecule has 0 saturated heterocycles. The minimum Gasteiger partial charge on any atom is -0.383 e. The second-order valence-electron chi connectivity index (χ2n) is 3.95. The molecule has 0 aliphatic rings. The third kappa shape index (κ3) is 2.40. The van der Waals surface area contributed by atoms with Gasteiger partial charge in [0.25, 0.3) is 0 Å². The number of rotatable bonds is 5. The number of hydrogen-bond acceptors (Lipinski definition) is 4. The van der Waals surface area contributed by atoms with E-state index in [1.165, 1.54) is 0 Å². The van der Waals surface area contributed by atoms with Crippen molar-refractivity contribution in [2.75, 3.05) is 13.7 Å². The Morgan fingerprint density at radius 1 is 1.50 bits per heavy atom. The molecule has 0 spiro atoms. The molecule has 0 radical (unpaired) electrons. The zero-order chi connectivity index (χ0) is 13.1. The summed E-state index contributed by atoms with van der Waals surface area (Å²) in [6.45, 7) is 1.17. The molecule has 1 unspecified atom stereocenters. The number of nitrogens with zero attached hydrogens (tertiary/aromatic N) is 4. The van der Waals surface area contributed by atoms with Crippen LogP contribution in [0.3, 0.4) is 0 Å². The first kappa shape index (κ1) is 13.1. The summed E-state index contributed by atoms with van der Waals surface area (Å²) >= 11 is 6.15. The van der Waals surface area contributed by atoms with Gasteiger partial charge in [0, 0.05) is 20.4 Å². The van der Waals surface area contributed by atoms with Crippen molar-refractivity contribution in [1.29, 1.82) is 0 Å². The molecule has 2 aromatic rings. The summed E-state index contributed by atoms with van der Waals surface area (Å²) in [5.74, 6) is 0. The number of aryl methyl sites for hydroxylation is 1. The van der Waals surface area contributed by atoms with Crippen LogP contribution in [0.1, 0.15) is 17.4 Å². The number of halogens is 1. The Kier molecular flexibility index (Phi) is 4.00. The monoisotopic (exact) mass is 269 g/mol. The minimum absolute atomic E-state index is 0.357. The molecular formula is C11H16ClN5O. The number of methoxy groups -OCH3 is 1. The lowest BCUT2D eigenvalue weighted by Gasteiger charge is -2.15. The molecule has 2 N–H and O–H groups in total. The van der Waals surface area contributed by atoms with Crippen molar-refractivity contribution in [2.45, 2.75) is 12.6 Å². The van der Waals surface area contributed by atoms with E-state index in [9.17, 15) is 0 Å². The number of ether oxygens (including phenoxy) is 1. The molecule has 0 fully saturated rings. The summed E-state index contributed by atoms with van der Waals surface area (Å²) in [5, 5.41) is 8.87. The fourth-order valence-electron chi connectivity index (χ4n) is 1.87. The SMILES string of the molecule is COCCn1ncc(Cl)c1C(N)c1ccnn1C. The van der Waals surface area contributed by atoms with Crippen LogP contribution in [0.2, 0.25) is 5.02 Å². The van der Waals surface area contributed by atoms with Crippen LogP contribution in [0.5, 0.6) is 0 Å². The molecule has 2 aromatic heterocycles. The van der Waals surface area contributed by atoms with Crippen molar-refractivity contribution in [1.82, 2.24) is 19.6 Å². The molecule has 2 heterocycles. The normalized spacial score (nSPS) is 12.9. The van der Waals surface area contributed by atoms with Gasteiger partial charge in [0.2, 0.25) is 0 Å². The van der Waals surface area contributed by atoms with E-state index in [1.807, 2.05) is 13.1 Å². The van der Waals surface area contributed by atoms with Crippen LogP contribution in [-0.4, -0.2) is 33.3 Å². The van der Waals surface area contributed by atoms with Gasteiger partial charge in [-0.2, -0.15) is 10.2 Å². The molecule has 98 valence electrons. The van der Waals surface area contributed by atoms with Gasteiger partial charge in [0.1, 0.15) is 0 Å². The predicted molar refractivity (Wildman–Crippen MR) is 68.4 cm³/mol. The van der Waals surface area contributed by atoms with Crippen molar-refractivity contribution in [3.05, 3.63) is 34.9 Å². The Hall–Kier alpha value is -1.37. The van der Waals surface area contributed by atoms with Crippen molar-refractivity contribution in [2.24, 2.45) is 12.8 Å². The van der Waals surface area contributed by atoms with Crippen LogP contribution in [0.15, 0.2) is 18.5 Å². The summed E-state index contributed by atoms with van der Waals surface area (Å²) in [5.41, 5.74) is 7.89. The van der Waals surface area contributed by atoms with E-state index in [2.05, 4.69) is 10.2 Å². The van der Waals surface area contributed by atoms with E-state index in [0.717, 1.165) is 11.4 Å². The van der Waals surface area contributed by atoms with Gasteiger partial charge in [0.15, 0.2) is 0 Å². The van der Waals surface area contributed by atoms with Gasteiger partial charge >= 0.3 is 0 Å². The number of hydrogen-bond donors (Lipinski definition) is 1. The molecule has 7 heteroatoms. The molecule has 0 aliphatic heterocycles. The van der Waals surface area contributed by atoms with Crippen molar-refractivity contribution >= 4 is 11.6 Å². The van der Waals surface area contributed by atoms with Crippen LogP contribution in [-0.2, 0) is 18.3 Å². The fraction of sp³-hybridized carbons (Fsp3) is 0.455. The van der Waals surface area contributed by atoms with Crippen molar-refractivity contribution in [3.8, 4) is 0 Å². The quantitative estimate of drug-likeness (QED) is 0.878. The van der Waals surface area contributed by atoms with Crippen LogP contribution < -0.4 is 5.73 Å². The smallest absolute Gasteiger partial charge is 0.0908 e. The highest BCUT2D eigenvalue weighted by Gasteiger charge is 2.20. The van der Waals surface area contributed by atoms with Crippen LogP contribution in [0, 0.1) is 0 Å². The molecule has 1 atom stereocenters. The Morgan fingerprint density at radius 3 is 2.89 bits per heavy atom. The van der Waals surface area contributed by atoms with Crippen LogP contribution in [0.25, 0.3) is 0 Å². The van der Waals surface area contributed by atoms with Gasteiger partial charge in [-0.1, -0.05) is 11.6 Å². The first-order chi connectivity index (χ1) is 8.65. The number of aromatic nitrogens is 4. The molecule has 2 rings (SSSR count). The van der Waals surface area contributed by atoms with E-state index in [4.69, 9.17) is 22.1 Å². The zero-order valence-corrected chi connectivity index (χ0v) is 11.1. The molecular weight excluding hydrogens is 254 g/mol. The van der Waals surface area contributed by atoms with Crippen molar-refractivity contribution in [3.63, 3.8) is 0 Å². The lowest BCUT2D eigenvalue weighted by molar-refractivity contribution is 0.182. The van der Waals surface area contributed by atoms with E-state index in [-0.39, 0.29) is 6.04 Å². The van der Waals surface area contributed by atoms with Gasteiger partial charge in [-0.3, -0.25) is 9.36 Å². The third-order valence-corrected chi connectivity index (χ3v) is 3.10. The first-order valence-electron chi connectivity index (χ1n) is 5.58. The summed E-state index contributed by atoms with van der Waals surface area (Å²) in [7, 11) is 3.49. The molecule has 0 amide bonds. The number of nitrogens with two attached hydrogens (primary N) is 1. The Morgan fingerprint density at radius 2 is 2.28 bits per heavy atom. The summed E-state index contributed by atoms with van der Waals surface area (Å²) in [4.78, 5) is 0. The minimum atomic E-state index is -0.357. The summed E-state index contributed by atoms with van der Waals surface area (Å²) in [6.07, 6.45) is 3.31. The van der Waals surface area contributed by atoms with E-state index in [1.54, 1.807) is 28.9 Å². The first-order valence-corrected chi connectivity index (χ1v) is 5.96. The lowest BCUT2D eigenvalue weighted by atomic mass is 10.1. The highest BCUT2D eigenvalue weighted by atomic mass is 35.5. The predicted octanol–water partition coefficient (Wildman–Crippen LogP) is 0.964. The van der Waals surface area contributed by atoms with E-state index < -0.39 is 0 Å². The maximum atomic E-state index is 6.23. The maximum Gasteiger partial charge on any atom is 0.0908 e. The molecule has 6 nitrogen and oxygen atoms in total. The molecule has 0 aromatic carbocycles. The molecule has 0 bridgehead atoms. The summed E-state index contributed by atoms with van der Waals surface area (Å²) in [6, 6.07) is 1.51. The maximum absolute atomic E-state index is 6.23. The van der Waals surface area contributed by atoms with Crippen LogP contribution in [0.4, 0.5) is 0 Å². The highest BCUT2D eigenvalue weighted by Crippen LogP contribution is 2.25. The van der Waals surface area contributed by atoms with Crippen LogP contribution >= 0.6 is 11.6 Å². The largest absolute Gasteiger partial charge is 0.383 e. The van der Waals surface area contributed by atoms with Gasteiger partial charge in [-0.05, 0) is 6.07 Å². The fourth-order valence-corrected chi connectivity index (χ4v) is 2.13. The molecule has 0 saturated carbocycles. The lowest BCUT2D eigenvalue weighted by Crippen LogP contribution is -2.21. The molecule has 18 heavy (non-hydrogen) atoms. The van der Waals surface area contributed by atoms with Gasteiger partial charge in [-0.15, -0.1) is 0 Å². The third-order valence-electron chi connectivity index (χ3n) is 2.81. The van der Waals surface area contributed by atoms with Gasteiger partial charge in [-0.25, -0.2) is 0 Å². The zero-order valence-electron chi connectivity index (χ0n) is 10.4. The topological polar surface area (TPSA) is 70.9 Å².